The normalized spacial score (nSPS) is 13.1. The summed E-state index contributed by atoms with van der Waals surface area (Å²) in [5, 5.41) is 2.54. The lowest BCUT2D eigenvalue weighted by molar-refractivity contribution is 0.769. The van der Waals surface area contributed by atoms with Crippen LogP contribution in [0.1, 0.15) is 22.3 Å². The number of nitrogens with zero attached hydrogens (tertiary/aromatic N) is 2. The lowest BCUT2D eigenvalue weighted by atomic mass is 9.67. The number of aromatic nitrogens is 1. The van der Waals surface area contributed by atoms with Crippen LogP contribution >= 0.6 is 0 Å². The molecule has 57 heavy (non-hydrogen) atoms. The average Bonchev–Trinajstić information content (AvgIpc) is 3.74. The number of hydrogen-bond donors (Lipinski definition) is 0. The SMILES string of the molecule is c1ccc(-c2ccc(N(c3ccccc3)c3ccc4c(c3)-n3c5ccccc5c5ccc6c(c53)-c3c-4cccc3C6(c3ccccc3)c3ccccc3)cc2)cc1. The topological polar surface area (TPSA) is 8.17 Å². The summed E-state index contributed by atoms with van der Waals surface area (Å²) >= 11 is 0. The smallest absolute Gasteiger partial charge is 0.0714 e. The van der Waals surface area contributed by atoms with E-state index in [1.165, 1.54) is 83.1 Å². The quantitative estimate of drug-likeness (QED) is 0.166. The van der Waals surface area contributed by atoms with E-state index >= 15 is 0 Å². The Labute approximate surface area is 332 Å². The summed E-state index contributed by atoms with van der Waals surface area (Å²) in [6, 6.07) is 80.4. The number of fused-ring (bicyclic) bond motifs is 6. The van der Waals surface area contributed by atoms with Crippen LogP contribution in [-0.4, -0.2) is 4.57 Å². The second kappa shape index (κ2) is 12.3. The van der Waals surface area contributed by atoms with Gasteiger partial charge in [-0.05, 0) is 87.0 Å². The monoisotopic (exact) mass is 724 g/mol. The van der Waals surface area contributed by atoms with Gasteiger partial charge in [-0.1, -0.05) is 176 Å². The van der Waals surface area contributed by atoms with Crippen LogP contribution in [0, 0.1) is 0 Å². The highest BCUT2D eigenvalue weighted by atomic mass is 15.1. The Kier molecular flexibility index (Phi) is 6.88. The third-order valence-electron chi connectivity index (χ3n) is 12.4. The van der Waals surface area contributed by atoms with E-state index in [0.717, 1.165) is 17.1 Å². The van der Waals surface area contributed by atoms with Crippen molar-refractivity contribution >= 4 is 38.9 Å². The van der Waals surface area contributed by atoms with Crippen LogP contribution in [0.5, 0.6) is 0 Å². The van der Waals surface area contributed by atoms with E-state index in [-0.39, 0.29) is 0 Å². The zero-order valence-corrected chi connectivity index (χ0v) is 31.2. The molecular formula is C55H36N2. The number of hydrogen-bond acceptors (Lipinski definition) is 1. The van der Waals surface area contributed by atoms with Crippen LogP contribution in [0.15, 0.2) is 218 Å². The molecule has 9 aromatic carbocycles. The summed E-state index contributed by atoms with van der Waals surface area (Å²) in [6.45, 7) is 0. The van der Waals surface area contributed by atoms with E-state index in [1.807, 2.05) is 0 Å². The van der Waals surface area contributed by atoms with Crippen LogP contribution in [0.4, 0.5) is 17.1 Å². The molecule has 2 heterocycles. The Hall–Kier alpha value is -7.42. The number of benzene rings is 9. The van der Waals surface area contributed by atoms with Crippen molar-refractivity contribution in [3.05, 3.63) is 241 Å². The molecule has 0 radical (unpaired) electrons. The molecule has 0 N–H and O–H groups in total. The van der Waals surface area contributed by atoms with E-state index in [9.17, 15) is 0 Å². The summed E-state index contributed by atoms with van der Waals surface area (Å²) in [7, 11) is 0. The van der Waals surface area contributed by atoms with Crippen LogP contribution in [-0.2, 0) is 5.41 Å². The molecule has 0 fully saturated rings. The van der Waals surface area contributed by atoms with E-state index in [1.54, 1.807) is 0 Å². The molecule has 2 aliphatic rings. The van der Waals surface area contributed by atoms with E-state index < -0.39 is 5.41 Å². The van der Waals surface area contributed by atoms with Crippen LogP contribution in [0.3, 0.4) is 0 Å². The van der Waals surface area contributed by atoms with Crippen LogP contribution < -0.4 is 4.90 Å². The molecular weight excluding hydrogens is 689 g/mol. The number of anilines is 3. The summed E-state index contributed by atoms with van der Waals surface area (Å²) in [6.07, 6.45) is 0. The first-order valence-electron chi connectivity index (χ1n) is 19.8. The largest absolute Gasteiger partial charge is 0.310 e. The standard InChI is InChI=1S/C55H36N2/c1-5-16-37(17-6-1)38-28-30-42(31-29-38)56(41-22-11-4-12-23-41)43-32-33-45-46-25-15-26-48-52(46)53-49(55(48,39-18-7-2-8-19-39)40-20-9-3-10-21-40)35-34-47-44-24-13-14-27-50(44)57(54(47)53)51(45)36-43/h1-36H. The fourth-order valence-electron chi connectivity index (χ4n) is 10.1. The summed E-state index contributed by atoms with van der Waals surface area (Å²) < 4.78 is 2.57. The fourth-order valence-corrected chi connectivity index (χ4v) is 10.1. The third kappa shape index (κ3) is 4.47. The van der Waals surface area contributed by atoms with Gasteiger partial charge in [0.05, 0.1) is 22.1 Å². The first-order chi connectivity index (χ1) is 28.3. The second-order valence-electron chi connectivity index (χ2n) is 15.2. The molecule has 1 aliphatic heterocycles. The average molecular weight is 725 g/mol. The highest BCUT2D eigenvalue weighted by molar-refractivity contribution is 6.19. The molecule has 0 bridgehead atoms. The Morgan fingerprint density at radius 3 is 1.67 bits per heavy atom. The fraction of sp³-hybridized carbons (Fsp3) is 0.0182. The van der Waals surface area contributed by atoms with Gasteiger partial charge in [-0.3, -0.25) is 0 Å². The number of para-hydroxylation sites is 2. The number of rotatable bonds is 6. The molecule has 1 aliphatic carbocycles. The Bertz CT molecular complexity index is 3110. The van der Waals surface area contributed by atoms with Gasteiger partial charge in [-0.2, -0.15) is 0 Å². The minimum Gasteiger partial charge on any atom is -0.310 e. The predicted molar refractivity (Wildman–Crippen MR) is 237 cm³/mol. The Balaban J connectivity index is 1.16. The van der Waals surface area contributed by atoms with Gasteiger partial charge in [0.1, 0.15) is 0 Å². The zero-order chi connectivity index (χ0) is 37.5. The maximum absolute atomic E-state index is 2.57. The molecule has 0 saturated heterocycles. The summed E-state index contributed by atoms with van der Waals surface area (Å²) in [4.78, 5) is 2.39. The minimum atomic E-state index is -0.480. The molecule has 0 atom stereocenters. The van der Waals surface area contributed by atoms with Gasteiger partial charge in [0, 0.05) is 39.0 Å². The Morgan fingerprint density at radius 2 is 0.947 bits per heavy atom. The summed E-state index contributed by atoms with van der Waals surface area (Å²) in [5.74, 6) is 0. The van der Waals surface area contributed by atoms with Crippen molar-refractivity contribution in [1.82, 2.24) is 4.57 Å². The second-order valence-corrected chi connectivity index (χ2v) is 15.2. The molecule has 12 rings (SSSR count). The van der Waals surface area contributed by atoms with Gasteiger partial charge < -0.3 is 9.47 Å². The maximum atomic E-state index is 2.57. The minimum absolute atomic E-state index is 0.480. The molecule has 0 amide bonds. The van der Waals surface area contributed by atoms with Gasteiger partial charge in [0.2, 0.25) is 0 Å². The highest BCUT2D eigenvalue weighted by Crippen LogP contribution is 2.62. The molecule has 0 spiro atoms. The first kappa shape index (κ1) is 31.9. The van der Waals surface area contributed by atoms with Gasteiger partial charge in [-0.15, -0.1) is 0 Å². The van der Waals surface area contributed by atoms with Crippen molar-refractivity contribution in [3.63, 3.8) is 0 Å². The molecule has 0 unspecified atom stereocenters. The molecule has 1 aromatic heterocycles. The lowest BCUT2D eigenvalue weighted by Gasteiger charge is -2.34. The van der Waals surface area contributed by atoms with E-state index in [0.29, 0.717) is 0 Å². The van der Waals surface area contributed by atoms with E-state index in [2.05, 4.69) is 228 Å². The molecule has 266 valence electrons. The van der Waals surface area contributed by atoms with Crippen LogP contribution in [0.25, 0.3) is 60.9 Å². The molecule has 2 heteroatoms. The zero-order valence-electron chi connectivity index (χ0n) is 31.2. The van der Waals surface area contributed by atoms with Crippen molar-refractivity contribution < 1.29 is 0 Å². The first-order valence-corrected chi connectivity index (χ1v) is 19.8. The van der Waals surface area contributed by atoms with Crippen molar-refractivity contribution in [2.75, 3.05) is 4.90 Å². The van der Waals surface area contributed by atoms with Gasteiger partial charge in [0.15, 0.2) is 0 Å². The van der Waals surface area contributed by atoms with Gasteiger partial charge >= 0.3 is 0 Å². The Morgan fingerprint density at radius 1 is 0.368 bits per heavy atom. The lowest BCUT2D eigenvalue weighted by Crippen LogP contribution is -2.28. The van der Waals surface area contributed by atoms with Crippen LogP contribution in [0.2, 0.25) is 0 Å². The maximum Gasteiger partial charge on any atom is 0.0714 e. The van der Waals surface area contributed by atoms with Gasteiger partial charge in [-0.25, -0.2) is 0 Å². The third-order valence-corrected chi connectivity index (χ3v) is 12.4. The van der Waals surface area contributed by atoms with Crippen molar-refractivity contribution in [2.24, 2.45) is 0 Å². The predicted octanol–water partition coefficient (Wildman–Crippen LogP) is 14.3. The van der Waals surface area contributed by atoms with Crippen molar-refractivity contribution in [3.8, 4) is 39.1 Å². The van der Waals surface area contributed by atoms with E-state index in [4.69, 9.17) is 0 Å². The highest BCUT2D eigenvalue weighted by Gasteiger charge is 2.49. The summed E-state index contributed by atoms with van der Waals surface area (Å²) in [5.41, 5.74) is 19.3. The van der Waals surface area contributed by atoms with Crippen molar-refractivity contribution in [2.45, 2.75) is 5.41 Å². The van der Waals surface area contributed by atoms with Gasteiger partial charge in [0.25, 0.3) is 0 Å². The van der Waals surface area contributed by atoms with Crippen molar-refractivity contribution in [1.29, 1.82) is 0 Å². The molecule has 0 saturated carbocycles. The molecule has 10 aromatic rings. The molecule has 2 nitrogen and oxygen atoms in total.